The summed E-state index contributed by atoms with van der Waals surface area (Å²) in [5.41, 5.74) is 4.76. The second kappa shape index (κ2) is 11.2. The van der Waals surface area contributed by atoms with Crippen LogP contribution in [-0.2, 0) is 6.54 Å². The van der Waals surface area contributed by atoms with Crippen LogP contribution in [0.3, 0.4) is 0 Å². The summed E-state index contributed by atoms with van der Waals surface area (Å²) in [6, 6.07) is 9.57. The molecule has 1 aromatic carbocycles. The summed E-state index contributed by atoms with van der Waals surface area (Å²) in [4.78, 5) is 24.8. The van der Waals surface area contributed by atoms with Crippen molar-refractivity contribution in [2.24, 2.45) is 0 Å². The van der Waals surface area contributed by atoms with Crippen LogP contribution in [-0.4, -0.2) is 81.1 Å². The first-order valence-corrected chi connectivity index (χ1v) is 14.8. The molecule has 2 N–H and O–H groups in total. The van der Waals surface area contributed by atoms with Crippen LogP contribution in [0.1, 0.15) is 31.7 Å². The highest BCUT2D eigenvalue weighted by atomic mass is 35.5. The number of hydrogen-bond donors (Lipinski definition) is 2. The summed E-state index contributed by atoms with van der Waals surface area (Å²) < 4.78 is 0. The molecule has 0 bridgehead atoms. The molecule has 0 amide bonds. The van der Waals surface area contributed by atoms with Crippen molar-refractivity contribution in [1.82, 2.24) is 29.7 Å². The lowest BCUT2D eigenvalue weighted by atomic mass is 10.0. The third-order valence-corrected chi connectivity index (χ3v) is 9.00. The highest BCUT2D eigenvalue weighted by Gasteiger charge is 2.25. The molecule has 38 heavy (non-hydrogen) atoms. The number of hydrogen-bond acceptors (Lipinski definition) is 8. The lowest BCUT2D eigenvalue weighted by molar-refractivity contribution is 0.181. The summed E-state index contributed by atoms with van der Waals surface area (Å²) in [5, 5.41) is 7.57. The second-order valence-corrected chi connectivity index (χ2v) is 11.7. The number of rotatable bonds is 7. The molecular formula is C28H35ClN8S. The number of imidazole rings is 1. The lowest BCUT2D eigenvalue weighted by Gasteiger charge is -2.40. The predicted octanol–water partition coefficient (Wildman–Crippen LogP) is 5.34. The minimum Gasteiger partial charge on any atom is -0.379 e. The van der Waals surface area contributed by atoms with Gasteiger partial charge in [0.1, 0.15) is 16.3 Å². The van der Waals surface area contributed by atoms with E-state index in [1.54, 1.807) is 17.5 Å². The van der Waals surface area contributed by atoms with E-state index in [-0.39, 0.29) is 0 Å². The first-order chi connectivity index (χ1) is 18.6. The molecule has 0 spiro atoms. The molecule has 2 aliphatic rings. The quantitative estimate of drug-likeness (QED) is 0.321. The monoisotopic (exact) mass is 550 g/mol. The predicted molar refractivity (Wildman–Crippen MR) is 157 cm³/mol. The van der Waals surface area contributed by atoms with Crippen molar-refractivity contribution in [3.63, 3.8) is 0 Å². The Morgan fingerprint density at radius 2 is 1.92 bits per heavy atom. The van der Waals surface area contributed by atoms with Gasteiger partial charge in [-0.1, -0.05) is 18.5 Å². The van der Waals surface area contributed by atoms with E-state index >= 15 is 0 Å². The number of aromatic amines is 1. The fourth-order valence-electron chi connectivity index (χ4n) is 5.61. The summed E-state index contributed by atoms with van der Waals surface area (Å²) in [6.07, 6.45) is 5.81. The molecule has 10 heteroatoms. The Kier molecular flexibility index (Phi) is 7.52. The molecule has 200 valence electrons. The Morgan fingerprint density at radius 1 is 1.11 bits per heavy atom. The van der Waals surface area contributed by atoms with Gasteiger partial charge in [0.05, 0.1) is 23.5 Å². The van der Waals surface area contributed by atoms with E-state index in [1.165, 1.54) is 10.7 Å². The molecule has 0 aliphatic carbocycles. The molecule has 0 saturated carbocycles. The summed E-state index contributed by atoms with van der Waals surface area (Å²) in [7, 11) is 0. The highest BCUT2D eigenvalue weighted by Crippen LogP contribution is 2.33. The van der Waals surface area contributed by atoms with Gasteiger partial charge in [0, 0.05) is 67.6 Å². The average molecular weight is 551 g/mol. The largest absolute Gasteiger partial charge is 0.379 e. The van der Waals surface area contributed by atoms with Crippen molar-refractivity contribution in [1.29, 1.82) is 0 Å². The third-order valence-electron chi connectivity index (χ3n) is 7.95. The van der Waals surface area contributed by atoms with Gasteiger partial charge in [0.15, 0.2) is 5.65 Å². The topological polar surface area (TPSA) is 76.2 Å². The van der Waals surface area contributed by atoms with Crippen molar-refractivity contribution >= 4 is 45.5 Å². The number of piperidine rings is 1. The van der Waals surface area contributed by atoms with E-state index in [0.717, 1.165) is 81.2 Å². The number of likely N-dealkylation sites (tertiary alicyclic amines) is 1. The summed E-state index contributed by atoms with van der Waals surface area (Å²) in [6.45, 7) is 11.8. The Balaban J connectivity index is 1.15. The zero-order valence-corrected chi connectivity index (χ0v) is 23.6. The van der Waals surface area contributed by atoms with Crippen LogP contribution in [0.5, 0.6) is 0 Å². The maximum Gasteiger partial charge on any atom is 0.180 e. The number of aromatic nitrogens is 4. The van der Waals surface area contributed by atoms with Crippen molar-refractivity contribution in [3.05, 3.63) is 52.1 Å². The third kappa shape index (κ3) is 5.38. The number of nitrogens with one attached hydrogen (secondary N) is 2. The normalized spacial score (nSPS) is 19.9. The molecule has 1 atom stereocenters. The first-order valence-electron chi connectivity index (χ1n) is 13.6. The number of pyridine rings is 1. The van der Waals surface area contributed by atoms with E-state index in [0.29, 0.717) is 22.8 Å². The van der Waals surface area contributed by atoms with Crippen molar-refractivity contribution in [2.75, 3.05) is 49.5 Å². The van der Waals surface area contributed by atoms with Crippen LogP contribution in [0, 0.1) is 0 Å². The number of nitrogens with zero attached hydrogens (tertiary/aromatic N) is 6. The number of benzene rings is 1. The molecule has 2 saturated heterocycles. The van der Waals surface area contributed by atoms with E-state index in [9.17, 15) is 0 Å². The minimum absolute atomic E-state index is 0.399. The number of fused-ring (bicyclic) bond motifs is 1. The standard InChI is InChI=1S/C28H35ClN8S/c1-3-35-11-8-21(9-12-35)32-25-23(29)16-31-28-26(25)33-27(34-28)20-4-6-22(7-5-20)37-14-13-36(19(2)17-37)18-24-30-10-15-38-24/h4-7,10,15-16,19,21H,3,8-9,11-14,17-18H2,1-2H3,(H2,31,32,33,34). The molecule has 6 rings (SSSR count). The van der Waals surface area contributed by atoms with Crippen LogP contribution in [0.25, 0.3) is 22.6 Å². The fourth-order valence-corrected chi connectivity index (χ4v) is 6.45. The van der Waals surface area contributed by atoms with Crippen molar-refractivity contribution in [3.8, 4) is 11.4 Å². The number of H-pyrrole nitrogens is 1. The maximum absolute atomic E-state index is 6.61. The Morgan fingerprint density at radius 3 is 2.63 bits per heavy atom. The van der Waals surface area contributed by atoms with Gasteiger partial charge >= 0.3 is 0 Å². The second-order valence-electron chi connectivity index (χ2n) is 10.4. The molecule has 1 unspecified atom stereocenters. The Bertz CT molecular complexity index is 1350. The maximum atomic E-state index is 6.61. The molecule has 4 aromatic rings. The van der Waals surface area contributed by atoms with Crippen LogP contribution < -0.4 is 10.2 Å². The minimum atomic E-state index is 0.399. The lowest BCUT2D eigenvalue weighted by Crippen LogP contribution is -2.51. The van der Waals surface area contributed by atoms with Crippen molar-refractivity contribution in [2.45, 2.75) is 45.3 Å². The average Bonchev–Trinajstić information content (AvgIpc) is 3.62. The van der Waals surface area contributed by atoms with Crippen LogP contribution in [0.4, 0.5) is 11.4 Å². The van der Waals surface area contributed by atoms with Gasteiger partial charge in [-0.2, -0.15) is 0 Å². The van der Waals surface area contributed by atoms with Gasteiger partial charge in [-0.25, -0.2) is 15.0 Å². The van der Waals surface area contributed by atoms with E-state index in [1.807, 2.05) is 6.20 Å². The summed E-state index contributed by atoms with van der Waals surface area (Å²) >= 11 is 8.34. The Labute approximate surface area is 233 Å². The van der Waals surface area contributed by atoms with Crippen LogP contribution in [0.15, 0.2) is 42.0 Å². The van der Waals surface area contributed by atoms with Gasteiger partial charge in [-0.05, 0) is 50.6 Å². The molecular weight excluding hydrogens is 516 g/mol. The zero-order valence-electron chi connectivity index (χ0n) is 22.0. The number of anilines is 2. The van der Waals surface area contributed by atoms with E-state index in [4.69, 9.17) is 16.6 Å². The highest BCUT2D eigenvalue weighted by molar-refractivity contribution is 7.09. The van der Waals surface area contributed by atoms with E-state index in [2.05, 4.69) is 78.5 Å². The van der Waals surface area contributed by atoms with Crippen LogP contribution in [0.2, 0.25) is 5.02 Å². The van der Waals surface area contributed by atoms with Gasteiger partial charge in [-0.3, -0.25) is 4.90 Å². The molecule has 8 nitrogen and oxygen atoms in total. The van der Waals surface area contributed by atoms with Crippen LogP contribution >= 0.6 is 22.9 Å². The number of thiazole rings is 1. The molecule has 2 fully saturated rings. The molecule has 0 radical (unpaired) electrons. The smallest absolute Gasteiger partial charge is 0.180 e. The first kappa shape index (κ1) is 25.6. The molecule has 2 aliphatic heterocycles. The number of halogens is 1. The SMILES string of the molecule is CCN1CCC(Nc2c(Cl)cnc3nc(-c4ccc(N5CCN(Cc6nccs6)C(C)C5)cc4)[nH]c23)CC1. The Hall–Kier alpha value is -2.72. The molecule has 3 aromatic heterocycles. The number of piperazine rings is 1. The fraction of sp³-hybridized carbons (Fsp3) is 0.464. The molecule has 5 heterocycles. The van der Waals surface area contributed by atoms with Gasteiger partial charge in [0.25, 0.3) is 0 Å². The van der Waals surface area contributed by atoms with Gasteiger partial charge < -0.3 is 20.1 Å². The zero-order chi connectivity index (χ0) is 26.1. The van der Waals surface area contributed by atoms with Crippen molar-refractivity contribution < 1.29 is 0 Å². The van der Waals surface area contributed by atoms with E-state index < -0.39 is 0 Å². The van der Waals surface area contributed by atoms with Gasteiger partial charge in [0.2, 0.25) is 0 Å². The summed E-state index contributed by atoms with van der Waals surface area (Å²) in [5.74, 6) is 0.812. The van der Waals surface area contributed by atoms with Gasteiger partial charge in [-0.15, -0.1) is 11.3 Å².